The number of hydrogen-bond acceptors (Lipinski definition) is 4. The molecule has 0 amide bonds. The second-order valence-electron chi connectivity index (χ2n) is 5.86. The van der Waals surface area contributed by atoms with Crippen LogP contribution in [-0.2, 0) is 12.8 Å². The van der Waals surface area contributed by atoms with Crippen LogP contribution in [0.4, 0.5) is 0 Å². The lowest BCUT2D eigenvalue weighted by atomic mass is 10.0. The van der Waals surface area contributed by atoms with E-state index in [1.165, 1.54) is 41.5 Å². The van der Waals surface area contributed by atoms with Crippen molar-refractivity contribution in [1.29, 1.82) is 0 Å². The third-order valence-electron chi connectivity index (χ3n) is 3.90. The Bertz CT molecular complexity index is 400. The lowest BCUT2D eigenvalue weighted by molar-refractivity contribution is 0.186. The molecule has 0 bridgehead atoms. The number of rotatable bonds is 5. The van der Waals surface area contributed by atoms with Crippen LogP contribution in [0.5, 0.6) is 0 Å². The normalized spacial score (nSPS) is 22.6. The van der Waals surface area contributed by atoms with E-state index in [-0.39, 0.29) is 6.04 Å². The van der Waals surface area contributed by atoms with Gasteiger partial charge in [-0.25, -0.2) is 4.98 Å². The Morgan fingerprint density at radius 2 is 2.32 bits per heavy atom. The maximum Gasteiger partial charge on any atom is 0.0944 e. The molecule has 0 aliphatic carbocycles. The molecule has 1 fully saturated rings. The zero-order valence-corrected chi connectivity index (χ0v) is 13.3. The third kappa shape index (κ3) is 4.01. The molecule has 1 aromatic rings. The molecule has 0 saturated carbocycles. The van der Waals surface area contributed by atoms with Gasteiger partial charge >= 0.3 is 0 Å². The molecule has 3 nitrogen and oxygen atoms in total. The van der Waals surface area contributed by atoms with Gasteiger partial charge in [0.1, 0.15) is 0 Å². The van der Waals surface area contributed by atoms with Crippen molar-refractivity contribution in [1.82, 2.24) is 9.88 Å². The Labute approximate surface area is 121 Å². The summed E-state index contributed by atoms with van der Waals surface area (Å²) < 4.78 is 0. The summed E-state index contributed by atoms with van der Waals surface area (Å²) in [6.45, 7) is 10.3. The highest BCUT2D eigenvalue weighted by molar-refractivity contribution is 7.11. The number of nitrogens with zero attached hydrogens (tertiary/aromatic N) is 2. The lowest BCUT2D eigenvalue weighted by Crippen LogP contribution is -2.35. The highest BCUT2D eigenvalue weighted by Gasteiger charge is 2.17. The zero-order valence-electron chi connectivity index (χ0n) is 12.5. The predicted octanol–water partition coefficient (Wildman–Crippen LogP) is 3.00. The number of likely N-dealkylation sites (tertiary alicyclic amines) is 1. The van der Waals surface area contributed by atoms with Gasteiger partial charge in [-0.15, -0.1) is 11.3 Å². The molecule has 1 aliphatic heterocycles. The zero-order chi connectivity index (χ0) is 13.8. The molecule has 1 saturated heterocycles. The average Bonchev–Trinajstić information content (AvgIpc) is 2.80. The first-order valence-corrected chi connectivity index (χ1v) is 8.38. The van der Waals surface area contributed by atoms with Crippen LogP contribution in [0.2, 0.25) is 0 Å². The summed E-state index contributed by atoms with van der Waals surface area (Å²) in [5.74, 6) is 0.857. The average molecular weight is 281 g/mol. The molecule has 2 N–H and O–H groups in total. The minimum absolute atomic E-state index is 0.121. The van der Waals surface area contributed by atoms with Crippen molar-refractivity contribution in [2.45, 2.75) is 52.5 Å². The smallest absolute Gasteiger partial charge is 0.0944 e. The van der Waals surface area contributed by atoms with Gasteiger partial charge in [0.05, 0.1) is 10.7 Å². The van der Waals surface area contributed by atoms with Crippen LogP contribution >= 0.6 is 11.3 Å². The molecule has 4 heteroatoms. The molecule has 0 radical (unpaired) electrons. The van der Waals surface area contributed by atoms with Crippen LogP contribution in [0.15, 0.2) is 0 Å². The van der Waals surface area contributed by atoms with Gasteiger partial charge in [-0.3, -0.25) is 0 Å². The summed E-state index contributed by atoms with van der Waals surface area (Å²) in [5.41, 5.74) is 7.23. The van der Waals surface area contributed by atoms with Gasteiger partial charge in [-0.05, 0) is 38.6 Å². The largest absolute Gasteiger partial charge is 0.323 e. The van der Waals surface area contributed by atoms with E-state index in [1.807, 2.05) is 11.3 Å². The fourth-order valence-electron chi connectivity index (χ4n) is 2.87. The monoisotopic (exact) mass is 281 g/mol. The molecule has 2 rings (SSSR count). The van der Waals surface area contributed by atoms with Crippen LogP contribution in [0.25, 0.3) is 0 Å². The summed E-state index contributed by atoms with van der Waals surface area (Å²) in [5, 5.41) is 1.27. The van der Waals surface area contributed by atoms with Crippen molar-refractivity contribution in [3.8, 4) is 0 Å². The molecule has 0 spiro atoms. The maximum atomic E-state index is 6.02. The van der Waals surface area contributed by atoms with E-state index in [0.29, 0.717) is 0 Å². The molecule has 2 unspecified atom stereocenters. The molecule has 19 heavy (non-hydrogen) atoms. The van der Waals surface area contributed by atoms with Crippen LogP contribution in [0, 0.1) is 5.92 Å². The van der Waals surface area contributed by atoms with E-state index in [0.717, 1.165) is 25.3 Å². The van der Waals surface area contributed by atoms with Gasteiger partial charge in [0, 0.05) is 30.4 Å². The maximum absolute atomic E-state index is 6.02. The fourth-order valence-corrected chi connectivity index (χ4v) is 3.97. The molecule has 108 valence electrons. The minimum atomic E-state index is 0.121. The topological polar surface area (TPSA) is 42.2 Å². The minimum Gasteiger partial charge on any atom is -0.323 e. The number of nitrogens with two attached hydrogens (primary N) is 1. The Morgan fingerprint density at radius 1 is 1.53 bits per heavy atom. The Hall–Kier alpha value is -0.450. The predicted molar refractivity (Wildman–Crippen MR) is 82.6 cm³/mol. The van der Waals surface area contributed by atoms with Gasteiger partial charge < -0.3 is 10.6 Å². The van der Waals surface area contributed by atoms with Gasteiger partial charge in [-0.2, -0.15) is 0 Å². The second-order valence-corrected chi connectivity index (χ2v) is 6.97. The van der Waals surface area contributed by atoms with Gasteiger partial charge in [0.2, 0.25) is 0 Å². The molecule has 1 aliphatic rings. The number of thiazole rings is 1. The van der Waals surface area contributed by atoms with Gasteiger partial charge in [0.25, 0.3) is 0 Å². The summed E-state index contributed by atoms with van der Waals surface area (Å²) in [6, 6.07) is 0.121. The lowest BCUT2D eigenvalue weighted by Gasteiger charge is -2.30. The number of piperidine rings is 1. The standard InChI is InChI=1S/C15H27N3S/c1-4-13-15(12(3)16)19-14(17-13)7-9-18-8-5-6-11(2)10-18/h11-12H,4-10,16H2,1-3H3. The van der Waals surface area contributed by atoms with Crippen molar-refractivity contribution < 1.29 is 0 Å². The van der Waals surface area contributed by atoms with E-state index in [2.05, 4.69) is 25.7 Å². The first kappa shape index (κ1) is 14.9. The van der Waals surface area contributed by atoms with E-state index >= 15 is 0 Å². The molecular weight excluding hydrogens is 254 g/mol. The number of aromatic nitrogens is 1. The quantitative estimate of drug-likeness (QED) is 0.902. The second kappa shape index (κ2) is 6.82. The van der Waals surface area contributed by atoms with Crippen LogP contribution in [-0.4, -0.2) is 29.5 Å². The number of hydrogen-bond donors (Lipinski definition) is 1. The summed E-state index contributed by atoms with van der Waals surface area (Å²) in [4.78, 5) is 8.64. The van der Waals surface area contributed by atoms with Crippen molar-refractivity contribution >= 4 is 11.3 Å². The fraction of sp³-hybridized carbons (Fsp3) is 0.800. The third-order valence-corrected chi connectivity index (χ3v) is 5.26. The van der Waals surface area contributed by atoms with E-state index in [9.17, 15) is 0 Å². The highest BCUT2D eigenvalue weighted by Crippen LogP contribution is 2.25. The van der Waals surface area contributed by atoms with E-state index < -0.39 is 0 Å². The Morgan fingerprint density at radius 3 is 2.89 bits per heavy atom. The Kier molecular flexibility index (Phi) is 5.37. The van der Waals surface area contributed by atoms with Crippen molar-refractivity contribution in [3.05, 3.63) is 15.6 Å². The Balaban J connectivity index is 1.92. The molecule has 0 aromatic carbocycles. The highest BCUT2D eigenvalue weighted by atomic mass is 32.1. The van der Waals surface area contributed by atoms with Crippen molar-refractivity contribution in [3.63, 3.8) is 0 Å². The van der Waals surface area contributed by atoms with Crippen LogP contribution < -0.4 is 5.73 Å². The van der Waals surface area contributed by atoms with Crippen molar-refractivity contribution in [2.24, 2.45) is 11.7 Å². The van der Waals surface area contributed by atoms with E-state index in [4.69, 9.17) is 10.7 Å². The van der Waals surface area contributed by atoms with Gasteiger partial charge in [-0.1, -0.05) is 13.8 Å². The van der Waals surface area contributed by atoms with Crippen LogP contribution in [0.1, 0.15) is 55.2 Å². The molecule has 2 heterocycles. The van der Waals surface area contributed by atoms with Crippen LogP contribution in [0.3, 0.4) is 0 Å². The molecule has 1 aromatic heterocycles. The number of aryl methyl sites for hydroxylation is 1. The van der Waals surface area contributed by atoms with Gasteiger partial charge in [0.15, 0.2) is 0 Å². The first-order valence-electron chi connectivity index (χ1n) is 7.56. The summed E-state index contributed by atoms with van der Waals surface area (Å²) >= 11 is 1.82. The summed E-state index contributed by atoms with van der Waals surface area (Å²) in [7, 11) is 0. The SMILES string of the molecule is CCc1nc(CCN2CCCC(C)C2)sc1C(C)N. The van der Waals surface area contributed by atoms with E-state index in [1.54, 1.807) is 0 Å². The molecule has 2 atom stereocenters. The summed E-state index contributed by atoms with van der Waals surface area (Å²) in [6.07, 6.45) is 4.82. The van der Waals surface area contributed by atoms with Crippen molar-refractivity contribution in [2.75, 3.05) is 19.6 Å². The first-order chi connectivity index (χ1) is 9.10. The molecular formula is C15H27N3S.